The summed E-state index contributed by atoms with van der Waals surface area (Å²) < 4.78 is 11.6. The van der Waals surface area contributed by atoms with Crippen LogP contribution in [-0.4, -0.2) is 48.1 Å². The first-order valence-electron chi connectivity index (χ1n) is 9.13. The fraction of sp³-hybridized carbons (Fsp3) is 0.190. The average molecular weight is 426 g/mol. The molecule has 0 saturated heterocycles. The maximum absolute atomic E-state index is 12.9. The van der Waals surface area contributed by atoms with Crippen molar-refractivity contribution in [3.8, 4) is 5.69 Å². The van der Waals surface area contributed by atoms with Crippen molar-refractivity contribution in [2.45, 2.75) is 5.16 Å². The van der Waals surface area contributed by atoms with Crippen LogP contribution in [0.1, 0.15) is 10.5 Å². The van der Waals surface area contributed by atoms with Crippen LogP contribution < -0.4 is 10.6 Å². The number of amides is 2. The maximum Gasteiger partial charge on any atom is 0.411 e. The zero-order valence-corrected chi connectivity index (χ0v) is 17.4. The van der Waals surface area contributed by atoms with E-state index in [1.165, 1.54) is 18.9 Å². The van der Waals surface area contributed by atoms with Crippen molar-refractivity contribution in [1.29, 1.82) is 0 Å². The third-order valence-corrected chi connectivity index (χ3v) is 4.70. The van der Waals surface area contributed by atoms with Gasteiger partial charge in [0, 0.05) is 24.2 Å². The van der Waals surface area contributed by atoms with Crippen LogP contribution in [0.3, 0.4) is 0 Å². The summed E-state index contributed by atoms with van der Waals surface area (Å²) in [4.78, 5) is 29.1. The molecule has 3 rings (SSSR count). The van der Waals surface area contributed by atoms with Crippen LogP contribution in [0.25, 0.3) is 5.69 Å². The molecule has 1 heterocycles. The molecule has 0 aliphatic carbocycles. The number of aromatic nitrogens is 2. The molecule has 0 bridgehead atoms. The van der Waals surface area contributed by atoms with E-state index in [1.54, 1.807) is 35.0 Å². The van der Waals surface area contributed by atoms with Gasteiger partial charge in [-0.15, -0.1) is 0 Å². The van der Waals surface area contributed by atoms with E-state index in [9.17, 15) is 9.59 Å². The monoisotopic (exact) mass is 426 g/mol. The lowest BCUT2D eigenvalue weighted by molar-refractivity contribution is 0.102. The molecule has 8 nitrogen and oxygen atoms in total. The number of carbonyl (C=O) groups is 2. The van der Waals surface area contributed by atoms with Gasteiger partial charge in [-0.1, -0.05) is 36.0 Å². The van der Waals surface area contributed by atoms with Gasteiger partial charge in [0.05, 0.1) is 12.8 Å². The number of benzene rings is 2. The summed E-state index contributed by atoms with van der Waals surface area (Å²) >= 11 is 1.45. The van der Waals surface area contributed by atoms with E-state index in [1.807, 2.05) is 36.6 Å². The zero-order chi connectivity index (χ0) is 21.3. The fourth-order valence-electron chi connectivity index (χ4n) is 2.71. The van der Waals surface area contributed by atoms with Crippen LogP contribution in [0, 0.1) is 0 Å². The lowest BCUT2D eigenvalue weighted by atomic mass is 10.2. The number of hydrogen-bond donors (Lipinski definition) is 2. The summed E-state index contributed by atoms with van der Waals surface area (Å²) in [6.07, 6.45) is 2.86. The number of hydrogen-bond acceptors (Lipinski definition) is 6. The zero-order valence-electron chi connectivity index (χ0n) is 16.6. The molecule has 1 aromatic heterocycles. The second kappa shape index (κ2) is 10.5. The number of nitrogens with one attached hydrogen (secondary N) is 2. The Bertz CT molecular complexity index is 1010. The van der Waals surface area contributed by atoms with Gasteiger partial charge in [-0.3, -0.25) is 14.7 Å². The van der Waals surface area contributed by atoms with Crippen LogP contribution in [-0.2, 0) is 9.47 Å². The number of ether oxygens (including phenoxy) is 2. The summed E-state index contributed by atoms with van der Waals surface area (Å²) in [6, 6.07) is 16.4. The third kappa shape index (κ3) is 5.40. The Morgan fingerprint density at radius 1 is 1.03 bits per heavy atom. The molecule has 0 radical (unpaired) electrons. The summed E-state index contributed by atoms with van der Waals surface area (Å²) in [5.41, 5.74) is 2.28. The van der Waals surface area contributed by atoms with Gasteiger partial charge in [0.2, 0.25) is 0 Å². The normalized spacial score (nSPS) is 10.5. The fourth-order valence-corrected chi connectivity index (χ4v) is 3.25. The molecule has 0 saturated carbocycles. The lowest BCUT2D eigenvalue weighted by Gasteiger charge is -2.12. The van der Waals surface area contributed by atoms with E-state index in [0.29, 0.717) is 28.8 Å². The summed E-state index contributed by atoms with van der Waals surface area (Å²) in [5, 5.41) is 6.18. The summed E-state index contributed by atoms with van der Waals surface area (Å²) in [7, 11) is 1.53. The molecule has 3 aromatic rings. The molecule has 0 unspecified atom stereocenters. The van der Waals surface area contributed by atoms with Crippen molar-refractivity contribution in [1.82, 2.24) is 9.55 Å². The van der Waals surface area contributed by atoms with Crippen LogP contribution in [0.4, 0.5) is 16.2 Å². The van der Waals surface area contributed by atoms with Crippen molar-refractivity contribution < 1.29 is 19.1 Å². The second-order valence-electron chi connectivity index (χ2n) is 6.09. The highest BCUT2D eigenvalue weighted by molar-refractivity contribution is 7.98. The predicted molar refractivity (Wildman–Crippen MR) is 117 cm³/mol. The number of thioether (sulfide) groups is 1. The molecule has 0 fully saturated rings. The number of carbonyl (C=O) groups excluding carboxylic acids is 2. The van der Waals surface area contributed by atoms with Gasteiger partial charge in [-0.2, -0.15) is 0 Å². The van der Waals surface area contributed by atoms with E-state index in [0.717, 1.165) is 5.69 Å². The van der Waals surface area contributed by atoms with Gasteiger partial charge < -0.3 is 14.8 Å². The minimum absolute atomic E-state index is 0.153. The predicted octanol–water partition coefficient (Wildman–Crippen LogP) is 4.04. The Balaban J connectivity index is 1.74. The summed E-state index contributed by atoms with van der Waals surface area (Å²) in [6.45, 7) is 0.469. The molecular weight excluding hydrogens is 404 g/mol. The number of para-hydroxylation sites is 1. The Morgan fingerprint density at radius 3 is 2.47 bits per heavy atom. The number of rotatable bonds is 8. The van der Waals surface area contributed by atoms with Gasteiger partial charge in [0.25, 0.3) is 5.91 Å². The van der Waals surface area contributed by atoms with E-state index < -0.39 is 6.09 Å². The standard InChI is InChI=1S/C21H22N4O4S/c1-28-11-12-29-21(27)24-16-8-6-7-15(13-16)23-19(26)18-14-22-20(30-2)25(18)17-9-4-3-5-10-17/h3-10,13-14H,11-12H2,1-2H3,(H,23,26)(H,24,27). The lowest BCUT2D eigenvalue weighted by Crippen LogP contribution is -2.18. The van der Waals surface area contributed by atoms with Gasteiger partial charge in [0.15, 0.2) is 5.16 Å². The molecule has 9 heteroatoms. The topological polar surface area (TPSA) is 94.5 Å². The van der Waals surface area contributed by atoms with E-state index in [2.05, 4.69) is 15.6 Å². The molecule has 2 amide bonds. The van der Waals surface area contributed by atoms with E-state index in [-0.39, 0.29) is 12.5 Å². The molecule has 30 heavy (non-hydrogen) atoms. The van der Waals surface area contributed by atoms with Crippen molar-refractivity contribution in [3.05, 3.63) is 66.5 Å². The molecule has 2 N–H and O–H groups in total. The van der Waals surface area contributed by atoms with Crippen LogP contribution >= 0.6 is 11.8 Å². The first-order valence-corrected chi connectivity index (χ1v) is 10.4. The first kappa shape index (κ1) is 21.4. The molecule has 2 aromatic carbocycles. The molecule has 0 aliphatic heterocycles. The van der Waals surface area contributed by atoms with Gasteiger partial charge in [-0.25, -0.2) is 9.78 Å². The summed E-state index contributed by atoms with van der Waals surface area (Å²) in [5.74, 6) is -0.313. The van der Waals surface area contributed by atoms with E-state index in [4.69, 9.17) is 9.47 Å². The minimum Gasteiger partial charge on any atom is -0.447 e. The highest BCUT2D eigenvalue weighted by Gasteiger charge is 2.18. The molecule has 0 atom stereocenters. The molecule has 0 aliphatic rings. The smallest absolute Gasteiger partial charge is 0.411 e. The Kier molecular flexibility index (Phi) is 7.47. The van der Waals surface area contributed by atoms with Crippen molar-refractivity contribution in [2.24, 2.45) is 0 Å². The van der Waals surface area contributed by atoms with Crippen molar-refractivity contribution >= 4 is 35.1 Å². The van der Waals surface area contributed by atoms with Gasteiger partial charge in [-0.05, 0) is 36.6 Å². The Hall–Kier alpha value is -3.30. The molecule has 0 spiro atoms. The molecule has 156 valence electrons. The second-order valence-corrected chi connectivity index (χ2v) is 6.86. The Labute approximate surface area is 178 Å². The van der Waals surface area contributed by atoms with Crippen LogP contribution in [0.15, 0.2) is 66.0 Å². The number of nitrogens with zero attached hydrogens (tertiary/aromatic N) is 2. The third-order valence-electron chi connectivity index (χ3n) is 4.05. The SMILES string of the molecule is COCCOC(=O)Nc1cccc(NC(=O)c2cnc(SC)n2-c2ccccc2)c1. The quantitative estimate of drug-likeness (QED) is 0.417. The van der Waals surface area contributed by atoms with Gasteiger partial charge >= 0.3 is 6.09 Å². The van der Waals surface area contributed by atoms with Gasteiger partial charge in [0.1, 0.15) is 12.3 Å². The van der Waals surface area contributed by atoms with Crippen LogP contribution in [0.5, 0.6) is 0 Å². The number of imidazole rings is 1. The average Bonchev–Trinajstić information content (AvgIpc) is 3.19. The molecular formula is C21H22N4O4S. The number of anilines is 2. The Morgan fingerprint density at radius 2 is 1.77 bits per heavy atom. The largest absolute Gasteiger partial charge is 0.447 e. The van der Waals surface area contributed by atoms with E-state index >= 15 is 0 Å². The highest BCUT2D eigenvalue weighted by atomic mass is 32.2. The van der Waals surface area contributed by atoms with Crippen molar-refractivity contribution in [3.63, 3.8) is 0 Å². The highest BCUT2D eigenvalue weighted by Crippen LogP contribution is 2.23. The minimum atomic E-state index is -0.595. The maximum atomic E-state index is 12.9. The number of methoxy groups -OCH3 is 1. The first-order chi connectivity index (χ1) is 14.6. The van der Waals surface area contributed by atoms with Crippen molar-refractivity contribution in [2.75, 3.05) is 37.2 Å². The van der Waals surface area contributed by atoms with Crippen LogP contribution in [0.2, 0.25) is 0 Å².